The number of pyridine rings is 1. The lowest BCUT2D eigenvalue weighted by molar-refractivity contribution is -0.391. The van der Waals surface area contributed by atoms with E-state index in [-0.39, 0.29) is 0 Å². The molecule has 0 aliphatic carbocycles. The molecular weight excluding hydrogens is 285 g/mol. The number of alkyl halides is 3. The topological polar surface area (TPSA) is 103 Å². The number of carbonyl (C=O) groups is 1. The summed E-state index contributed by atoms with van der Waals surface area (Å²) in [5.74, 6) is -3.90. The third-order valence-corrected chi connectivity index (χ3v) is 1.76. The standard InChI is InChI=1S/C7H2ClF3N2O5/c8-5(15)2-1-3(18-7(9,10)11)12-6(4(2)14)13(16)17/h1,14H. The number of aromatic nitrogens is 1. The molecule has 0 aliphatic heterocycles. The van der Waals surface area contributed by atoms with Gasteiger partial charge in [-0.1, -0.05) is 0 Å². The van der Waals surface area contributed by atoms with Crippen molar-refractivity contribution >= 4 is 22.7 Å². The molecule has 1 aromatic rings. The number of hydrogen-bond donors (Lipinski definition) is 1. The number of nitro groups is 1. The van der Waals surface area contributed by atoms with Crippen molar-refractivity contribution in [2.75, 3.05) is 0 Å². The van der Waals surface area contributed by atoms with Crippen LogP contribution in [0.4, 0.5) is 19.0 Å². The Hall–Kier alpha value is -2.10. The Balaban J connectivity index is 3.38. The van der Waals surface area contributed by atoms with Gasteiger partial charge in [0.1, 0.15) is 0 Å². The Labute approximate surface area is 101 Å². The van der Waals surface area contributed by atoms with Crippen LogP contribution in [0, 0.1) is 10.1 Å². The molecule has 18 heavy (non-hydrogen) atoms. The van der Waals surface area contributed by atoms with Crippen LogP contribution >= 0.6 is 11.6 Å². The molecule has 1 N–H and O–H groups in total. The Morgan fingerprint density at radius 2 is 2.11 bits per heavy atom. The summed E-state index contributed by atoms with van der Waals surface area (Å²) in [5, 5.41) is 18.2. The fourth-order valence-corrected chi connectivity index (χ4v) is 1.09. The van der Waals surface area contributed by atoms with Crippen molar-refractivity contribution in [3.05, 3.63) is 21.7 Å². The lowest BCUT2D eigenvalue weighted by atomic mass is 10.2. The zero-order valence-corrected chi connectivity index (χ0v) is 8.82. The van der Waals surface area contributed by atoms with Gasteiger partial charge in [-0.3, -0.25) is 4.79 Å². The highest BCUT2D eigenvalue weighted by Gasteiger charge is 2.36. The summed E-state index contributed by atoms with van der Waals surface area (Å²) in [7, 11) is 0. The molecule has 0 aliphatic rings. The SMILES string of the molecule is O=C(Cl)c1cc(OC(F)(F)F)nc([N+](=O)[O-])c1O. The third kappa shape index (κ3) is 3.20. The van der Waals surface area contributed by atoms with E-state index >= 15 is 0 Å². The molecule has 0 spiro atoms. The first kappa shape index (κ1) is 14.0. The summed E-state index contributed by atoms with van der Waals surface area (Å²) in [4.78, 5) is 22.7. The molecule has 0 amide bonds. The van der Waals surface area contributed by atoms with Crippen LogP contribution in [0.3, 0.4) is 0 Å². The van der Waals surface area contributed by atoms with Gasteiger partial charge >= 0.3 is 18.1 Å². The molecule has 0 bridgehead atoms. The van der Waals surface area contributed by atoms with E-state index in [4.69, 9.17) is 11.6 Å². The van der Waals surface area contributed by atoms with Gasteiger partial charge in [0.05, 0.1) is 5.56 Å². The average Bonchev–Trinajstić information content (AvgIpc) is 2.17. The Morgan fingerprint density at radius 1 is 1.56 bits per heavy atom. The fraction of sp³-hybridized carbons (Fsp3) is 0.143. The second-order valence-electron chi connectivity index (χ2n) is 2.76. The van der Waals surface area contributed by atoms with E-state index < -0.39 is 39.5 Å². The summed E-state index contributed by atoms with van der Waals surface area (Å²) >= 11 is 4.94. The number of ether oxygens (including phenoxy) is 1. The fourth-order valence-electron chi connectivity index (χ4n) is 0.950. The van der Waals surface area contributed by atoms with Crippen molar-refractivity contribution in [1.29, 1.82) is 0 Å². The molecule has 1 aromatic heterocycles. The Bertz CT molecular complexity index is 483. The van der Waals surface area contributed by atoms with E-state index in [0.29, 0.717) is 6.07 Å². The van der Waals surface area contributed by atoms with Gasteiger partial charge in [0, 0.05) is 11.1 Å². The number of aromatic hydroxyl groups is 1. The first-order valence-corrected chi connectivity index (χ1v) is 4.33. The van der Waals surface area contributed by atoms with Gasteiger partial charge in [-0.15, -0.1) is 13.2 Å². The van der Waals surface area contributed by atoms with Crippen LogP contribution in [0.25, 0.3) is 0 Å². The van der Waals surface area contributed by atoms with Crippen LogP contribution in [0.15, 0.2) is 6.07 Å². The Kier molecular flexibility index (Phi) is 3.60. The molecule has 0 radical (unpaired) electrons. The van der Waals surface area contributed by atoms with Gasteiger partial charge in [-0.2, -0.15) is 0 Å². The zero-order valence-electron chi connectivity index (χ0n) is 8.06. The number of halogens is 4. The highest BCUT2D eigenvalue weighted by atomic mass is 35.5. The molecule has 0 atom stereocenters. The smallest absolute Gasteiger partial charge is 0.500 e. The van der Waals surface area contributed by atoms with Gasteiger partial charge in [0.2, 0.25) is 5.75 Å². The van der Waals surface area contributed by atoms with Gasteiger partial charge in [0.15, 0.2) is 0 Å². The summed E-state index contributed by atoms with van der Waals surface area (Å²) < 4.78 is 39.0. The van der Waals surface area contributed by atoms with Crippen molar-refractivity contribution in [3.8, 4) is 11.6 Å². The van der Waals surface area contributed by atoms with E-state index in [1.807, 2.05) is 0 Å². The van der Waals surface area contributed by atoms with Crippen molar-refractivity contribution in [1.82, 2.24) is 4.98 Å². The number of hydrogen-bond acceptors (Lipinski definition) is 6. The normalized spacial score (nSPS) is 11.1. The van der Waals surface area contributed by atoms with Crippen LogP contribution in [0.2, 0.25) is 0 Å². The molecular formula is C7H2ClF3N2O5. The molecule has 1 heterocycles. The number of nitrogens with zero attached hydrogens (tertiary/aromatic N) is 2. The number of carbonyl (C=O) groups excluding carboxylic acids is 1. The first-order valence-electron chi connectivity index (χ1n) is 3.96. The molecule has 1 rings (SSSR count). The minimum atomic E-state index is -5.16. The summed E-state index contributed by atoms with van der Waals surface area (Å²) in [5.41, 5.74) is -0.919. The highest BCUT2D eigenvalue weighted by molar-refractivity contribution is 6.68. The van der Waals surface area contributed by atoms with Crippen LogP contribution in [0.5, 0.6) is 11.6 Å². The molecule has 7 nitrogen and oxygen atoms in total. The molecule has 0 aromatic carbocycles. The monoisotopic (exact) mass is 286 g/mol. The van der Waals surface area contributed by atoms with Crippen molar-refractivity contribution in [2.45, 2.75) is 6.36 Å². The van der Waals surface area contributed by atoms with E-state index in [0.717, 1.165) is 0 Å². The van der Waals surface area contributed by atoms with E-state index in [9.17, 15) is 33.2 Å². The molecule has 11 heteroatoms. The van der Waals surface area contributed by atoms with E-state index in [1.54, 1.807) is 0 Å². The first-order chi connectivity index (χ1) is 8.11. The predicted octanol–water partition coefficient (Wildman–Crippen LogP) is 1.97. The van der Waals surface area contributed by atoms with Gasteiger partial charge < -0.3 is 20.0 Å². The molecule has 98 valence electrons. The molecule has 0 saturated carbocycles. The third-order valence-electron chi connectivity index (χ3n) is 1.56. The lowest BCUT2D eigenvalue weighted by Crippen LogP contribution is -2.18. The summed E-state index contributed by atoms with van der Waals surface area (Å²) in [6, 6.07) is 0.338. The maximum Gasteiger partial charge on any atom is 0.575 e. The van der Waals surface area contributed by atoms with Crippen LogP contribution in [0.1, 0.15) is 10.4 Å². The van der Waals surface area contributed by atoms with Crippen molar-refractivity contribution in [2.24, 2.45) is 0 Å². The second-order valence-corrected chi connectivity index (χ2v) is 3.10. The van der Waals surface area contributed by atoms with E-state index in [1.165, 1.54) is 0 Å². The predicted molar refractivity (Wildman–Crippen MR) is 49.4 cm³/mol. The highest BCUT2D eigenvalue weighted by Crippen LogP contribution is 2.33. The van der Waals surface area contributed by atoms with Crippen molar-refractivity contribution in [3.63, 3.8) is 0 Å². The largest absolute Gasteiger partial charge is 0.575 e. The molecule has 0 saturated heterocycles. The van der Waals surface area contributed by atoms with Crippen molar-refractivity contribution < 1.29 is 32.7 Å². The number of rotatable bonds is 3. The van der Waals surface area contributed by atoms with Gasteiger partial charge in [-0.25, -0.2) is 0 Å². The van der Waals surface area contributed by atoms with Gasteiger partial charge in [0.25, 0.3) is 5.24 Å². The zero-order chi connectivity index (χ0) is 14.1. The maximum atomic E-state index is 11.9. The van der Waals surface area contributed by atoms with Crippen LogP contribution in [-0.4, -0.2) is 26.6 Å². The lowest BCUT2D eigenvalue weighted by Gasteiger charge is -2.06. The van der Waals surface area contributed by atoms with Crippen LogP contribution in [-0.2, 0) is 0 Å². The quantitative estimate of drug-likeness (QED) is 0.517. The Morgan fingerprint density at radius 3 is 2.50 bits per heavy atom. The summed E-state index contributed by atoms with van der Waals surface area (Å²) in [6.07, 6.45) is -5.16. The van der Waals surface area contributed by atoms with Gasteiger partial charge in [-0.05, 0) is 16.5 Å². The van der Waals surface area contributed by atoms with Crippen LogP contribution < -0.4 is 4.74 Å². The minimum Gasteiger partial charge on any atom is -0.500 e. The summed E-state index contributed by atoms with van der Waals surface area (Å²) in [6.45, 7) is 0. The second kappa shape index (κ2) is 4.64. The van der Waals surface area contributed by atoms with E-state index in [2.05, 4.69) is 9.72 Å². The molecule has 0 fully saturated rings. The molecule has 0 unspecified atom stereocenters. The maximum absolute atomic E-state index is 11.9. The minimum absolute atomic E-state index is 0.338. The average molecular weight is 287 g/mol.